The monoisotopic (exact) mass is 244 g/mol. The molecule has 2 nitrogen and oxygen atoms in total. The Kier molecular flexibility index (Phi) is 2.69. The Morgan fingerprint density at radius 2 is 1.94 bits per heavy atom. The standard InChI is InChI=1S/C12H15F3N2/c1-7(2)8-3-9(13)10(17-4-8)11(16)5-12(14,15)6-11/h3-4,7H,5-6,16H2,1-2H3. The van der Waals surface area contributed by atoms with E-state index in [9.17, 15) is 13.2 Å². The molecule has 0 spiro atoms. The van der Waals surface area contributed by atoms with Crippen LogP contribution >= 0.6 is 0 Å². The van der Waals surface area contributed by atoms with Crippen LogP contribution in [0.4, 0.5) is 13.2 Å². The summed E-state index contributed by atoms with van der Waals surface area (Å²) >= 11 is 0. The number of hydrogen-bond acceptors (Lipinski definition) is 2. The van der Waals surface area contributed by atoms with Gasteiger partial charge in [-0.1, -0.05) is 13.8 Å². The molecule has 5 heteroatoms. The van der Waals surface area contributed by atoms with Crippen LogP contribution in [0.5, 0.6) is 0 Å². The van der Waals surface area contributed by atoms with Gasteiger partial charge in [-0.15, -0.1) is 0 Å². The Bertz CT molecular complexity index is 435. The third-order valence-corrected chi connectivity index (χ3v) is 3.15. The smallest absolute Gasteiger partial charge is 0.252 e. The highest BCUT2D eigenvalue weighted by Crippen LogP contribution is 2.49. The average Bonchev–Trinajstić information content (AvgIpc) is 2.13. The summed E-state index contributed by atoms with van der Waals surface area (Å²) in [5.41, 5.74) is 5.12. The van der Waals surface area contributed by atoms with Crippen molar-refractivity contribution >= 4 is 0 Å². The number of nitrogens with two attached hydrogens (primary N) is 1. The lowest BCUT2D eigenvalue weighted by Gasteiger charge is -2.43. The zero-order valence-corrected chi connectivity index (χ0v) is 9.80. The minimum absolute atomic E-state index is 0.0483. The maximum Gasteiger partial charge on any atom is 0.252 e. The Morgan fingerprint density at radius 3 is 2.35 bits per heavy atom. The summed E-state index contributed by atoms with van der Waals surface area (Å²) in [4.78, 5) is 3.93. The average molecular weight is 244 g/mol. The van der Waals surface area contributed by atoms with E-state index >= 15 is 0 Å². The Labute approximate surface area is 98.0 Å². The molecule has 1 aliphatic carbocycles. The van der Waals surface area contributed by atoms with E-state index in [0.717, 1.165) is 5.56 Å². The molecule has 0 aromatic carbocycles. The van der Waals surface area contributed by atoms with Crippen LogP contribution in [0.25, 0.3) is 0 Å². The fraction of sp³-hybridized carbons (Fsp3) is 0.583. The predicted octanol–water partition coefficient (Wildman–Crippen LogP) is 2.93. The van der Waals surface area contributed by atoms with Gasteiger partial charge in [-0.2, -0.15) is 0 Å². The number of halogens is 3. The van der Waals surface area contributed by atoms with E-state index in [0.29, 0.717) is 0 Å². The summed E-state index contributed by atoms with van der Waals surface area (Å²) in [5, 5.41) is 0. The highest BCUT2D eigenvalue weighted by atomic mass is 19.3. The van der Waals surface area contributed by atoms with Crippen LogP contribution in [0, 0.1) is 5.82 Å². The Balaban J connectivity index is 2.29. The summed E-state index contributed by atoms with van der Waals surface area (Å²) in [7, 11) is 0. The first-order valence-corrected chi connectivity index (χ1v) is 5.56. The van der Waals surface area contributed by atoms with Crippen molar-refractivity contribution in [3.8, 4) is 0 Å². The number of aromatic nitrogens is 1. The molecule has 17 heavy (non-hydrogen) atoms. The second-order valence-corrected chi connectivity index (χ2v) is 5.12. The number of rotatable bonds is 2. The molecule has 0 atom stereocenters. The molecular formula is C12H15F3N2. The normalized spacial score (nSPS) is 21.4. The maximum atomic E-state index is 13.8. The third-order valence-electron chi connectivity index (χ3n) is 3.15. The Hall–Kier alpha value is -1.10. The second kappa shape index (κ2) is 3.70. The molecule has 0 aliphatic heterocycles. The first-order valence-electron chi connectivity index (χ1n) is 5.56. The molecule has 1 fully saturated rings. The number of pyridine rings is 1. The molecule has 1 aliphatic rings. The van der Waals surface area contributed by atoms with Crippen molar-refractivity contribution in [3.63, 3.8) is 0 Å². The molecule has 0 saturated heterocycles. The van der Waals surface area contributed by atoms with Crippen LogP contribution in [-0.4, -0.2) is 10.9 Å². The quantitative estimate of drug-likeness (QED) is 0.868. The van der Waals surface area contributed by atoms with Crippen LogP contribution in [0.1, 0.15) is 43.9 Å². The fourth-order valence-corrected chi connectivity index (χ4v) is 2.17. The van der Waals surface area contributed by atoms with Gasteiger partial charge in [0.1, 0.15) is 5.82 Å². The third kappa shape index (κ3) is 2.16. The lowest BCUT2D eigenvalue weighted by atomic mass is 9.71. The summed E-state index contributed by atoms with van der Waals surface area (Å²) in [5.74, 6) is -3.24. The number of hydrogen-bond donors (Lipinski definition) is 1. The molecule has 0 radical (unpaired) electrons. The van der Waals surface area contributed by atoms with Crippen molar-refractivity contribution in [1.82, 2.24) is 4.98 Å². The molecule has 0 bridgehead atoms. The molecular weight excluding hydrogens is 229 g/mol. The van der Waals surface area contributed by atoms with Gasteiger partial charge < -0.3 is 5.73 Å². The molecule has 2 rings (SSSR count). The molecule has 0 unspecified atom stereocenters. The first-order chi connectivity index (χ1) is 7.73. The van der Waals surface area contributed by atoms with Gasteiger partial charge in [-0.05, 0) is 17.5 Å². The summed E-state index contributed by atoms with van der Waals surface area (Å²) in [6, 6.07) is 1.33. The van der Waals surface area contributed by atoms with Gasteiger partial charge in [-0.25, -0.2) is 13.2 Å². The van der Waals surface area contributed by atoms with E-state index in [-0.39, 0.29) is 11.6 Å². The van der Waals surface area contributed by atoms with Crippen LogP contribution in [0.3, 0.4) is 0 Å². The molecule has 1 heterocycles. The first kappa shape index (κ1) is 12.4. The van der Waals surface area contributed by atoms with E-state index < -0.39 is 30.1 Å². The van der Waals surface area contributed by atoms with Crippen molar-refractivity contribution in [1.29, 1.82) is 0 Å². The van der Waals surface area contributed by atoms with Gasteiger partial charge in [0.2, 0.25) is 0 Å². The van der Waals surface area contributed by atoms with Crippen molar-refractivity contribution in [2.24, 2.45) is 5.73 Å². The number of nitrogens with zero attached hydrogens (tertiary/aromatic N) is 1. The topological polar surface area (TPSA) is 38.9 Å². The van der Waals surface area contributed by atoms with E-state index in [4.69, 9.17) is 5.73 Å². The summed E-state index contributed by atoms with van der Waals surface area (Å²) in [6.07, 6.45) is 0.435. The summed E-state index contributed by atoms with van der Waals surface area (Å²) in [6.45, 7) is 3.82. The van der Waals surface area contributed by atoms with Crippen molar-refractivity contribution in [2.45, 2.75) is 44.1 Å². The molecule has 94 valence electrons. The minimum Gasteiger partial charge on any atom is -0.320 e. The van der Waals surface area contributed by atoms with E-state index in [1.807, 2.05) is 13.8 Å². The zero-order valence-electron chi connectivity index (χ0n) is 9.80. The molecule has 1 aromatic rings. The van der Waals surface area contributed by atoms with Crippen LogP contribution < -0.4 is 5.73 Å². The number of alkyl halides is 2. The maximum absolute atomic E-state index is 13.8. The lowest BCUT2D eigenvalue weighted by Crippen LogP contribution is -2.56. The Morgan fingerprint density at radius 1 is 1.35 bits per heavy atom. The predicted molar refractivity (Wildman–Crippen MR) is 58.3 cm³/mol. The van der Waals surface area contributed by atoms with Crippen LogP contribution in [0.2, 0.25) is 0 Å². The van der Waals surface area contributed by atoms with E-state index in [2.05, 4.69) is 4.98 Å². The van der Waals surface area contributed by atoms with Gasteiger partial charge in [-0.3, -0.25) is 4.98 Å². The highest BCUT2D eigenvalue weighted by Gasteiger charge is 2.57. The molecule has 1 saturated carbocycles. The summed E-state index contributed by atoms with van der Waals surface area (Å²) < 4.78 is 39.4. The fourth-order valence-electron chi connectivity index (χ4n) is 2.17. The van der Waals surface area contributed by atoms with Crippen LogP contribution in [0.15, 0.2) is 12.3 Å². The van der Waals surface area contributed by atoms with Crippen LogP contribution in [-0.2, 0) is 5.54 Å². The molecule has 1 aromatic heterocycles. The molecule has 2 N–H and O–H groups in total. The second-order valence-electron chi connectivity index (χ2n) is 5.12. The van der Waals surface area contributed by atoms with Gasteiger partial charge in [0.15, 0.2) is 0 Å². The molecule has 0 amide bonds. The van der Waals surface area contributed by atoms with Crippen molar-refractivity contribution in [2.75, 3.05) is 0 Å². The highest BCUT2D eigenvalue weighted by molar-refractivity contribution is 5.27. The van der Waals surface area contributed by atoms with Gasteiger partial charge in [0.25, 0.3) is 5.92 Å². The van der Waals surface area contributed by atoms with Gasteiger partial charge >= 0.3 is 0 Å². The van der Waals surface area contributed by atoms with Gasteiger partial charge in [0.05, 0.1) is 11.2 Å². The zero-order chi connectivity index (χ0) is 12.8. The van der Waals surface area contributed by atoms with E-state index in [1.165, 1.54) is 12.3 Å². The van der Waals surface area contributed by atoms with E-state index in [1.54, 1.807) is 0 Å². The van der Waals surface area contributed by atoms with Crippen molar-refractivity contribution < 1.29 is 13.2 Å². The SMILES string of the molecule is CC(C)c1cnc(C2(N)CC(F)(F)C2)c(F)c1. The largest absolute Gasteiger partial charge is 0.320 e. The van der Waals surface area contributed by atoms with Crippen molar-refractivity contribution in [3.05, 3.63) is 29.3 Å². The minimum atomic E-state index is -2.79. The lowest BCUT2D eigenvalue weighted by molar-refractivity contribution is -0.127. The van der Waals surface area contributed by atoms with Gasteiger partial charge in [0, 0.05) is 19.0 Å².